The molecular formula is C10H22N2O. The highest BCUT2D eigenvalue weighted by molar-refractivity contribution is 4.81. The Morgan fingerprint density at radius 2 is 2.08 bits per heavy atom. The van der Waals surface area contributed by atoms with Crippen molar-refractivity contribution in [2.75, 3.05) is 40.4 Å². The van der Waals surface area contributed by atoms with Gasteiger partial charge in [-0.15, -0.1) is 0 Å². The number of hydrogen-bond donors (Lipinski definition) is 0. The molecule has 1 unspecified atom stereocenters. The van der Waals surface area contributed by atoms with Gasteiger partial charge in [0.15, 0.2) is 0 Å². The van der Waals surface area contributed by atoms with Gasteiger partial charge >= 0.3 is 0 Å². The standard InChI is InChI=1S/C10H22N2O/c1-9(2)12-6-5-11(3)10(7-12)8-13-4/h9-10H,5-8H2,1-4H3. The van der Waals surface area contributed by atoms with Gasteiger partial charge in [-0.1, -0.05) is 0 Å². The van der Waals surface area contributed by atoms with Gasteiger partial charge in [-0.3, -0.25) is 9.80 Å². The van der Waals surface area contributed by atoms with E-state index in [0.717, 1.165) is 19.7 Å². The first kappa shape index (κ1) is 11.0. The quantitative estimate of drug-likeness (QED) is 0.644. The molecule has 3 nitrogen and oxygen atoms in total. The van der Waals surface area contributed by atoms with Gasteiger partial charge in [-0.2, -0.15) is 0 Å². The molecular weight excluding hydrogens is 164 g/mol. The molecule has 0 N–H and O–H groups in total. The smallest absolute Gasteiger partial charge is 0.0630 e. The molecule has 0 aromatic carbocycles. The van der Waals surface area contributed by atoms with Gasteiger partial charge in [0.05, 0.1) is 6.61 Å². The Bertz CT molecular complexity index is 150. The van der Waals surface area contributed by atoms with Crippen molar-refractivity contribution in [3.63, 3.8) is 0 Å². The summed E-state index contributed by atoms with van der Waals surface area (Å²) in [5.74, 6) is 0. The van der Waals surface area contributed by atoms with E-state index in [-0.39, 0.29) is 0 Å². The molecule has 1 atom stereocenters. The van der Waals surface area contributed by atoms with Crippen LogP contribution in [0, 0.1) is 0 Å². The molecule has 0 saturated carbocycles. The SMILES string of the molecule is COCC1CN(C(C)C)CCN1C. The van der Waals surface area contributed by atoms with E-state index in [9.17, 15) is 0 Å². The Hall–Kier alpha value is -0.120. The van der Waals surface area contributed by atoms with Gasteiger partial charge in [0.1, 0.15) is 0 Å². The summed E-state index contributed by atoms with van der Waals surface area (Å²) in [6.07, 6.45) is 0. The van der Waals surface area contributed by atoms with Crippen molar-refractivity contribution in [3.8, 4) is 0 Å². The van der Waals surface area contributed by atoms with Crippen molar-refractivity contribution < 1.29 is 4.74 Å². The fourth-order valence-corrected chi connectivity index (χ4v) is 1.81. The van der Waals surface area contributed by atoms with E-state index >= 15 is 0 Å². The molecule has 0 aromatic heterocycles. The van der Waals surface area contributed by atoms with Crippen LogP contribution < -0.4 is 0 Å². The van der Waals surface area contributed by atoms with E-state index in [1.807, 2.05) is 0 Å². The van der Waals surface area contributed by atoms with Gasteiger partial charge in [0.25, 0.3) is 0 Å². The van der Waals surface area contributed by atoms with Crippen LogP contribution in [-0.2, 0) is 4.74 Å². The first-order valence-corrected chi connectivity index (χ1v) is 5.08. The predicted octanol–water partition coefficient (Wildman–Crippen LogP) is 0.657. The highest BCUT2D eigenvalue weighted by Gasteiger charge is 2.25. The summed E-state index contributed by atoms with van der Waals surface area (Å²) >= 11 is 0. The number of piperazine rings is 1. The molecule has 1 rings (SSSR count). The molecule has 78 valence electrons. The maximum atomic E-state index is 5.21. The van der Waals surface area contributed by atoms with Crippen LogP contribution in [0.1, 0.15) is 13.8 Å². The largest absolute Gasteiger partial charge is 0.383 e. The van der Waals surface area contributed by atoms with Crippen molar-refractivity contribution >= 4 is 0 Å². The average Bonchev–Trinajstić information content (AvgIpc) is 2.08. The van der Waals surface area contributed by atoms with Gasteiger partial charge in [0.2, 0.25) is 0 Å². The molecule has 0 spiro atoms. The first-order chi connectivity index (χ1) is 6.15. The van der Waals surface area contributed by atoms with Crippen LogP contribution in [0.4, 0.5) is 0 Å². The van der Waals surface area contributed by atoms with E-state index in [4.69, 9.17) is 4.74 Å². The lowest BCUT2D eigenvalue weighted by atomic mass is 10.1. The van der Waals surface area contributed by atoms with Gasteiger partial charge < -0.3 is 4.74 Å². The summed E-state index contributed by atoms with van der Waals surface area (Å²) in [5, 5.41) is 0. The second-order valence-electron chi connectivity index (χ2n) is 4.18. The molecule has 0 radical (unpaired) electrons. The molecule has 1 aliphatic heterocycles. The number of rotatable bonds is 3. The minimum atomic E-state index is 0.571. The molecule has 3 heteroatoms. The van der Waals surface area contributed by atoms with Crippen LogP contribution in [0.2, 0.25) is 0 Å². The normalized spacial score (nSPS) is 27.0. The maximum Gasteiger partial charge on any atom is 0.0630 e. The number of hydrogen-bond acceptors (Lipinski definition) is 3. The third kappa shape index (κ3) is 2.93. The summed E-state index contributed by atoms with van der Waals surface area (Å²) in [4.78, 5) is 4.91. The summed E-state index contributed by atoms with van der Waals surface area (Å²) in [5.41, 5.74) is 0. The van der Waals surface area contributed by atoms with Crippen LogP contribution in [0.25, 0.3) is 0 Å². The fraction of sp³-hybridized carbons (Fsp3) is 1.00. The third-order valence-corrected chi connectivity index (χ3v) is 2.90. The topological polar surface area (TPSA) is 15.7 Å². The van der Waals surface area contributed by atoms with E-state index in [2.05, 4.69) is 30.7 Å². The molecule has 13 heavy (non-hydrogen) atoms. The molecule has 0 bridgehead atoms. The molecule has 0 aliphatic carbocycles. The van der Waals surface area contributed by atoms with E-state index in [1.165, 1.54) is 6.54 Å². The fourth-order valence-electron chi connectivity index (χ4n) is 1.81. The number of likely N-dealkylation sites (N-methyl/N-ethyl adjacent to an activating group) is 1. The highest BCUT2D eigenvalue weighted by Crippen LogP contribution is 2.10. The molecule has 0 aromatic rings. The maximum absolute atomic E-state index is 5.21. The van der Waals surface area contributed by atoms with Crippen LogP contribution in [0.3, 0.4) is 0 Å². The first-order valence-electron chi connectivity index (χ1n) is 5.08. The molecule has 1 aliphatic rings. The minimum Gasteiger partial charge on any atom is -0.383 e. The lowest BCUT2D eigenvalue weighted by Gasteiger charge is -2.41. The predicted molar refractivity (Wildman–Crippen MR) is 55.0 cm³/mol. The molecule has 0 amide bonds. The van der Waals surface area contributed by atoms with Crippen molar-refractivity contribution in [1.29, 1.82) is 0 Å². The Morgan fingerprint density at radius 3 is 2.62 bits per heavy atom. The number of ether oxygens (including phenoxy) is 1. The Morgan fingerprint density at radius 1 is 1.38 bits per heavy atom. The van der Waals surface area contributed by atoms with Crippen LogP contribution in [0.5, 0.6) is 0 Å². The van der Waals surface area contributed by atoms with Gasteiger partial charge in [0, 0.05) is 38.8 Å². The van der Waals surface area contributed by atoms with Crippen molar-refractivity contribution in [2.45, 2.75) is 25.9 Å². The lowest BCUT2D eigenvalue weighted by molar-refractivity contribution is 0.0286. The zero-order valence-electron chi connectivity index (χ0n) is 9.29. The Labute approximate surface area is 81.7 Å². The molecule has 1 saturated heterocycles. The minimum absolute atomic E-state index is 0.571. The summed E-state index contributed by atoms with van der Waals surface area (Å²) < 4.78 is 5.21. The second kappa shape index (κ2) is 4.94. The third-order valence-electron chi connectivity index (χ3n) is 2.90. The van der Waals surface area contributed by atoms with E-state index in [1.54, 1.807) is 7.11 Å². The summed E-state index contributed by atoms with van der Waals surface area (Å²) in [7, 11) is 3.96. The molecule has 1 heterocycles. The summed E-state index contributed by atoms with van der Waals surface area (Å²) in [6.45, 7) is 8.85. The highest BCUT2D eigenvalue weighted by atomic mass is 16.5. The van der Waals surface area contributed by atoms with Crippen molar-refractivity contribution in [2.24, 2.45) is 0 Å². The number of methoxy groups -OCH3 is 1. The van der Waals surface area contributed by atoms with Crippen molar-refractivity contribution in [3.05, 3.63) is 0 Å². The van der Waals surface area contributed by atoms with Gasteiger partial charge in [-0.05, 0) is 20.9 Å². The average molecular weight is 186 g/mol. The monoisotopic (exact) mass is 186 g/mol. The van der Waals surface area contributed by atoms with Crippen molar-refractivity contribution in [1.82, 2.24) is 9.80 Å². The van der Waals surface area contributed by atoms with E-state index < -0.39 is 0 Å². The summed E-state index contributed by atoms with van der Waals surface area (Å²) in [6, 6.07) is 1.23. The zero-order chi connectivity index (χ0) is 9.84. The van der Waals surface area contributed by atoms with Crippen LogP contribution in [0.15, 0.2) is 0 Å². The van der Waals surface area contributed by atoms with Gasteiger partial charge in [-0.25, -0.2) is 0 Å². The number of nitrogens with zero attached hydrogens (tertiary/aromatic N) is 2. The van der Waals surface area contributed by atoms with Crippen LogP contribution in [-0.4, -0.2) is 62.3 Å². The Balaban J connectivity index is 2.42. The zero-order valence-corrected chi connectivity index (χ0v) is 9.29. The van der Waals surface area contributed by atoms with Crippen LogP contribution >= 0.6 is 0 Å². The Kier molecular flexibility index (Phi) is 4.16. The second-order valence-corrected chi connectivity index (χ2v) is 4.18. The molecule has 1 fully saturated rings. The lowest BCUT2D eigenvalue weighted by Crippen LogP contribution is -2.54. The van der Waals surface area contributed by atoms with E-state index in [0.29, 0.717) is 12.1 Å².